The second-order valence-electron chi connectivity index (χ2n) is 9.54. The number of alkyl carbamates (subject to hydrolysis) is 1. The number of phenolic OH excluding ortho intramolecular Hbond substituents is 1. The Kier molecular flexibility index (Phi) is 8.35. The minimum absolute atomic E-state index is 0.106. The van der Waals surface area contributed by atoms with Gasteiger partial charge in [0.15, 0.2) is 0 Å². The zero-order chi connectivity index (χ0) is 27.2. The molecular formula is C28H30N4O5. The lowest BCUT2D eigenvalue weighted by molar-refractivity contribution is -0.139. The molecule has 0 saturated carbocycles. The van der Waals surface area contributed by atoms with E-state index in [-0.39, 0.29) is 5.75 Å². The maximum absolute atomic E-state index is 13.6. The smallest absolute Gasteiger partial charge is 0.408 e. The van der Waals surface area contributed by atoms with Crippen molar-refractivity contribution in [1.29, 1.82) is 5.26 Å². The van der Waals surface area contributed by atoms with Crippen LogP contribution in [0, 0.1) is 11.3 Å². The number of amides is 3. The molecule has 0 aliphatic carbocycles. The zero-order valence-corrected chi connectivity index (χ0v) is 21.2. The summed E-state index contributed by atoms with van der Waals surface area (Å²) in [6.07, 6.45) is -0.806. The number of hydrogen-bond donors (Lipinski definition) is 3. The number of ether oxygens (including phenoxy) is 1. The van der Waals surface area contributed by atoms with Crippen molar-refractivity contribution in [1.82, 2.24) is 10.2 Å². The van der Waals surface area contributed by atoms with Gasteiger partial charge < -0.3 is 25.4 Å². The lowest BCUT2D eigenvalue weighted by Crippen LogP contribution is -2.51. The maximum Gasteiger partial charge on any atom is 0.408 e. The Morgan fingerprint density at radius 1 is 1.03 bits per heavy atom. The van der Waals surface area contributed by atoms with Crippen LogP contribution in [0.2, 0.25) is 0 Å². The van der Waals surface area contributed by atoms with E-state index in [1.54, 1.807) is 45.0 Å². The molecule has 0 aromatic heterocycles. The molecule has 3 rings (SSSR count). The van der Waals surface area contributed by atoms with Crippen LogP contribution in [0.5, 0.6) is 5.75 Å². The maximum atomic E-state index is 13.6. The van der Waals surface area contributed by atoms with E-state index in [0.717, 1.165) is 15.7 Å². The summed E-state index contributed by atoms with van der Waals surface area (Å²) in [6.45, 7) is 6.07. The van der Waals surface area contributed by atoms with E-state index in [1.807, 2.05) is 36.4 Å². The number of phenols is 1. The van der Waals surface area contributed by atoms with Crippen LogP contribution in [0.4, 0.5) is 10.5 Å². The topological polar surface area (TPSA) is 132 Å². The molecule has 2 unspecified atom stereocenters. The van der Waals surface area contributed by atoms with Gasteiger partial charge in [0.25, 0.3) is 5.91 Å². The fourth-order valence-electron chi connectivity index (χ4n) is 3.81. The summed E-state index contributed by atoms with van der Waals surface area (Å²) in [4.78, 5) is 40.3. The Balaban J connectivity index is 1.93. The monoisotopic (exact) mass is 502 g/mol. The van der Waals surface area contributed by atoms with Crippen molar-refractivity contribution in [3.05, 3.63) is 72.3 Å². The summed E-state index contributed by atoms with van der Waals surface area (Å²) in [5.74, 6) is -1.37. The highest BCUT2D eigenvalue weighted by Crippen LogP contribution is 2.27. The van der Waals surface area contributed by atoms with Gasteiger partial charge in [0.05, 0.1) is 6.07 Å². The molecule has 9 heteroatoms. The second kappa shape index (κ2) is 11.4. The predicted molar refractivity (Wildman–Crippen MR) is 140 cm³/mol. The highest BCUT2D eigenvalue weighted by Gasteiger charge is 2.35. The van der Waals surface area contributed by atoms with E-state index in [4.69, 9.17) is 4.74 Å². The van der Waals surface area contributed by atoms with Gasteiger partial charge in [-0.05, 0) is 68.3 Å². The number of hydrogen-bond acceptors (Lipinski definition) is 6. The summed E-state index contributed by atoms with van der Waals surface area (Å²) in [5.41, 5.74) is 0.0211. The number of carbonyl (C=O) groups excluding carboxylic acids is 3. The van der Waals surface area contributed by atoms with Crippen molar-refractivity contribution in [2.75, 3.05) is 11.9 Å². The van der Waals surface area contributed by atoms with E-state index >= 15 is 0 Å². The summed E-state index contributed by atoms with van der Waals surface area (Å²) in [6, 6.07) is 18.5. The molecule has 9 nitrogen and oxygen atoms in total. The summed E-state index contributed by atoms with van der Waals surface area (Å²) >= 11 is 0. The van der Waals surface area contributed by atoms with Gasteiger partial charge in [-0.2, -0.15) is 5.26 Å². The summed E-state index contributed by atoms with van der Waals surface area (Å²) in [7, 11) is 0. The van der Waals surface area contributed by atoms with Crippen LogP contribution in [0.3, 0.4) is 0 Å². The van der Waals surface area contributed by atoms with Crippen molar-refractivity contribution in [3.8, 4) is 11.8 Å². The molecule has 0 saturated heterocycles. The van der Waals surface area contributed by atoms with E-state index < -0.39 is 42.1 Å². The van der Waals surface area contributed by atoms with Crippen LogP contribution in [-0.4, -0.2) is 46.1 Å². The Morgan fingerprint density at radius 3 is 2.38 bits per heavy atom. The predicted octanol–water partition coefficient (Wildman–Crippen LogP) is 4.49. The third-order valence-electron chi connectivity index (χ3n) is 5.39. The molecule has 0 spiro atoms. The molecule has 3 N–H and O–H groups in total. The molecule has 0 radical (unpaired) electrons. The van der Waals surface area contributed by atoms with Crippen molar-refractivity contribution in [3.63, 3.8) is 0 Å². The average molecular weight is 503 g/mol. The van der Waals surface area contributed by atoms with E-state index in [9.17, 15) is 24.8 Å². The van der Waals surface area contributed by atoms with Gasteiger partial charge in [-0.15, -0.1) is 0 Å². The number of benzene rings is 3. The highest BCUT2D eigenvalue weighted by molar-refractivity contribution is 6.00. The number of aromatic hydroxyl groups is 1. The molecule has 0 fully saturated rings. The molecular weight excluding hydrogens is 472 g/mol. The molecule has 37 heavy (non-hydrogen) atoms. The van der Waals surface area contributed by atoms with Crippen LogP contribution in [0.15, 0.2) is 66.7 Å². The molecule has 3 amide bonds. The molecule has 3 aromatic rings. The summed E-state index contributed by atoms with van der Waals surface area (Å²) < 4.78 is 5.22. The van der Waals surface area contributed by atoms with Crippen LogP contribution >= 0.6 is 0 Å². The van der Waals surface area contributed by atoms with Gasteiger partial charge in [-0.1, -0.05) is 42.5 Å². The van der Waals surface area contributed by atoms with Crippen molar-refractivity contribution in [2.45, 2.75) is 45.4 Å². The second-order valence-corrected chi connectivity index (χ2v) is 9.54. The minimum Gasteiger partial charge on any atom is -0.508 e. The Morgan fingerprint density at radius 2 is 1.73 bits per heavy atom. The third kappa shape index (κ3) is 7.21. The quantitative estimate of drug-likeness (QED) is 0.408. The molecule has 0 aliphatic heterocycles. The number of nitrogens with zero attached hydrogens (tertiary/aromatic N) is 2. The molecule has 0 bridgehead atoms. The van der Waals surface area contributed by atoms with Gasteiger partial charge >= 0.3 is 6.09 Å². The Hall–Kier alpha value is -4.58. The largest absolute Gasteiger partial charge is 0.508 e. The van der Waals surface area contributed by atoms with Crippen molar-refractivity contribution < 1.29 is 24.2 Å². The number of rotatable bonds is 7. The van der Waals surface area contributed by atoms with Gasteiger partial charge in [0.2, 0.25) is 5.91 Å². The SMILES string of the molecule is CC(NC(=O)OC(C)(C)C)C(=O)N(CC#N)C(C(=O)Nc1ccc2ccccc2c1)c1cccc(O)c1. The van der Waals surface area contributed by atoms with E-state index in [1.165, 1.54) is 19.1 Å². The molecule has 0 heterocycles. The van der Waals surface area contributed by atoms with Crippen LogP contribution in [0.25, 0.3) is 10.8 Å². The average Bonchev–Trinajstić information content (AvgIpc) is 2.82. The number of nitrogens with one attached hydrogen (secondary N) is 2. The first kappa shape index (κ1) is 27.0. The van der Waals surface area contributed by atoms with E-state index in [0.29, 0.717) is 11.3 Å². The van der Waals surface area contributed by atoms with E-state index in [2.05, 4.69) is 10.6 Å². The zero-order valence-electron chi connectivity index (χ0n) is 21.2. The summed E-state index contributed by atoms with van der Waals surface area (Å²) in [5, 5.41) is 26.8. The molecule has 192 valence electrons. The first-order valence-electron chi connectivity index (χ1n) is 11.7. The highest BCUT2D eigenvalue weighted by atomic mass is 16.6. The van der Waals surface area contributed by atoms with Crippen LogP contribution in [-0.2, 0) is 14.3 Å². The molecule has 3 aromatic carbocycles. The number of carbonyl (C=O) groups is 3. The lowest BCUT2D eigenvalue weighted by Gasteiger charge is -2.32. The van der Waals surface area contributed by atoms with Gasteiger partial charge in [-0.3, -0.25) is 9.59 Å². The number of nitriles is 1. The first-order valence-corrected chi connectivity index (χ1v) is 11.7. The standard InChI is InChI=1S/C28H30N4O5/c1-18(30-27(36)37-28(2,3)4)26(35)32(15-14-29)24(21-10-7-11-23(33)17-21)25(34)31-22-13-12-19-8-5-6-9-20(19)16-22/h5-13,16-18,24,33H,15H2,1-4H3,(H,30,36)(H,31,34). The van der Waals surface area contributed by atoms with Crippen molar-refractivity contribution >= 4 is 34.4 Å². The number of anilines is 1. The Bertz CT molecular complexity index is 1340. The van der Waals surface area contributed by atoms with Gasteiger partial charge in [0, 0.05) is 5.69 Å². The van der Waals surface area contributed by atoms with Gasteiger partial charge in [-0.25, -0.2) is 4.79 Å². The van der Waals surface area contributed by atoms with Crippen LogP contribution < -0.4 is 10.6 Å². The molecule has 2 atom stereocenters. The van der Waals surface area contributed by atoms with Crippen molar-refractivity contribution in [2.24, 2.45) is 0 Å². The fraction of sp³-hybridized carbons (Fsp3) is 0.286. The minimum atomic E-state index is -1.27. The van der Waals surface area contributed by atoms with Gasteiger partial charge in [0.1, 0.15) is 30.0 Å². The third-order valence-corrected chi connectivity index (χ3v) is 5.39. The molecule has 0 aliphatic rings. The Labute approximate surface area is 215 Å². The normalized spacial score (nSPS) is 12.6. The first-order chi connectivity index (χ1) is 17.5. The van der Waals surface area contributed by atoms with Crippen LogP contribution in [0.1, 0.15) is 39.3 Å². The number of fused-ring (bicyclic) bond motifs is 1. The fourth-order valence-corrected chi connectivity index (χ4v) is 3.81. The lowest BCUT2D eigenvalue weighted by atomic mass is 10.0.